The Hall–Kier alpha value is -1.33. The van der Waals surface area contributed by atoms with E-state index in [4.69, 9.17) is 0 Å². The van der Waals surface area contributed by atoms with E-state index >= 15 is 0 Å². The molecular weight excluding hydrogens is 280 g/mol. The summed E-state index contributed by atoms with van der Waals surface area (Å²) in [6.07, 6.45) is 13.0. The molecule has 1 fully saturated rings. The number of hydrogen-bond donors (Lipinski definition) is 2. The van der Waals surface area contributed by atoms with Crippen LogP contribution in [0.15, 0.2) is 30.7 Å². The molecule has 0 atom stereocenters. The first kappa shape index (κ1) is 14.6. The van der Waals surface area contributed by atoms with E-state index in [-0.39, 0.29) is 0 Å². The van der Waals surface area contributed by atoms with Gasteiger partial charge in [-0.1, -0.05) is 0 Å². The summed E-state index contributed by atoms with van der Waals surface area (Å²) in [5.74, 6) is 0. The molecule has 1 saturated carbocycles. The topological polar surface area (TPSA) is 53.6 Å². The van der Waals surface area contributed by atoms with Crippen molar-refractivity contribution in [3.8, 4) is 11.3 Å². The summed E-state index contributed by atoms with van der Waals surface area (Å²) in [5, 5.41) is 11.8. The lowest BCUT2D eigenvalue weighted by atomic mass is 9.95. The molecule has 2 aromatic heterocycles. The Bertz CT molecular complexity index is 546. The summed E-state index contributed by atoms with van der Waals surface area (Å²) in [5.41, 5.74) is 3.39. The number of nitrogens with one attached hydrogen (secondary N) is 2. The van der Waals surface area contributed by atoms with Gasteiger partial charge >= 0.3 is 0 Å². The van der Waals surface area contributed by atoms with E-state index in [0.29, 0.717) is 6.04 Å². The van der Waals surface area contributed by atoms with Crippen molar-refractivity contribution in [1.29, 1.82) is 0 Å². The lowest BCUT2D eigenvalue weighted by molar-refractivity contribution is 0.379. The zero-order valence-corrected chi connectivity index (χ0v) is 13.2. The lowest BCUT2D eigenvalue weighted by Crippen LogP contribution is -2.33. The number of aromatic amines is 1. The fourth-order valence-electron chi connectivity index (χ4n) is 2.96. The number of pyridine rings is 1. The molecule has 2 heterocycles. The maximum absolute atomic E-state index is 4.19. The van der Waals surface area contributed by atoms with E-state index in [1.807, 2.05) is 30.2 Å². The highest BCUT2D eigenvalue weighted by Crippen LogP contribution is 2.27. The van der Waals surface area contributed by atoms with Crippen LogP contribution in [-0.4, -0.2) is 32.7 Å². The average Bonchev–Trinajstić information content (AvgIpc) is 3.03. The number of thioether (sulfide) groups is 1. The zero-order chi connectivity index (χ0) is 14.5. The molecule has 112 valence electrons. The molecule has 0 radical (unpaired) electrons. The molecule has 0 saturated heterocycles. The molecule has 21 heavy (non-hydrogen) atoms. The van der Waals surface area contributed by atoms with Crippen molar-refractivity contribution in [2.24, 2.45) is 0 Å². The minimum Gasteiger partial charge on any atom is -0.310 e. The molecule has 1 aliphatic rings. The third-order valence-electron chi connectivity index (χ3n) is 4.26. The molecule has 1 aliphatic carbocycles. The lowest BCUT2D eigenvalue weighted by Gasteiger charge is -2.28. The number of hydrogen-bond acceptors (Lipinski definition) is 4. The van der Waals surface area contributed by atoms with E-state index < -0.39 is 0 Å². The molecule has 2 aromatic rings. The summed E-state index contributed by atoms with van der Waals surface area (Å²) < 4.78 is 0. The van der Waals surface area contributed by atoms with Gasteiger partial charge in [0, 0.05) is 41.4 Å². The van der Waals surface area contributed by atoms with Crippen molar-refractivity contribution in [3.05, 3.63) is 36.3 Å². The summed E-state index contributed by atoms with van der Waals surface area (Å²) in [4.78, 5) is 4.18. The van der Waals surface area contributed by atoms with E-state index in [1.165, 1.54) is 31.2 Å². The van der Waals surface area contributed by atoms with Gasteiger partial charge in [-0.2, -0.15) is 16.9 Å². The molecule has 0 aliphatic heterocycles. The van der Waals surface area contributed by atoms with Gasteiger partial charge in [0.1, 0.15) is 0 Å². The van der Waals surface area contributed by atoms with Crippen LogP contribution < -0.4 is 5.32 Å². The Morgan fingerprint density at radius 1 is 1.29 bits per heavy atom. The number of H-pyrrole nitrogens is 1. The first-order valence-electron chi connectivity index (χ1n) is 7.55. The summed E-state index contributed by atoms with van der Waals surface area (Å²) in [6, 6.07) is 4.66. The Labute approximate surface area is 130 Å². The van der Waals surface area contributed by atoms with Gasteiger partial charge in [-0.05, 0) is 44.1 Å². The fraction of sp³-hybridized carbons (Fsp3) is 0.500. The Morgan fingerprint density at radius 3 is 2.86 bits per heavy atom. The van der Waals surface area contributed by atoms with Gasteiger partial charge < -0.3 is 5.32 Å². The minimum atomic E-state index is 0.644. The molecule has 5 heteroatoms. The quantitative estimate of drug-likeness (QED) is 0.890. The van der Waals surface area contributed by atoms with Gasteiger partial charge in [-0.15, -0.1) is 0 Å². The van der Waals surface area contributed by atoms with Gasteiger partial charge in [0.25, 0.3) is 0 Å². The van der Waals surface area contributed by atoms with Gasteiger partial charge in [0.05, 0.1) is 11.9 Å². The molecule has 0 amide bonds. The Kier molecular flexibility index (Phi) is 4.93. The van der Waals surface area contributed by atoms with Crippen molar-refractivity contribution < 1.29 is 0 Å². The maximum Gasteiger partial charge on any atom is 0.0710 e. The second-order valence-electron chi connectivity index (χ2n) is 5.60. The molecule has 0 bridgehead atoms. The van der Waals surface area contributed by atoms with Crippen molar-refractivity contribution in [1.82, 2.24) is 20.5 Å². The second kappa shape index (κ2) is 7.09. The maximum atomic E-state index is 4.19. The summed E-state index contributed by atoms with van der Waals surface area (Å²) in [6.45, 7) is 0.870. The number of aromatic nitrogens is 3. The van der Waals surface area contributed by atoms with E-state index in [2.05, 4.69) is 32.8 Å². The smallest absolute Gasteiger partial charge is 0.0710 e. The van der Waals surface area contributed by atoms with E-state index in [9.17, 15) is 0 Å². The molecule has 0 unspecified atom stereocenters. The molecule has 0 aromatic carbocycles. The van der Waals surface area contributed by atoms with Crippen LogP contribution in [-0.2, 0) is 6.54 Å². The van der Waals surface area contributed by atoms with Crippen LogP contribution in [0, 0.1) is 0 Å². The first-order valence-corrected chi connectivity index (χ1v) is 8.84. The van der Waals surface area contributed by atoms with Crippen LogP contribution in [0.2, 0.25) is 0 Å². The number of nitrogens with zero attached hydrogens (tertiary/aromatic N) is 2. The van der Waals surface area contributed by atoms with Crippen LogP contribution in [0.1, 0.15) is 31.2 Å². The zero-order valence-electron chi connectivity index (χ0n) is 12.4. The first-order chi connectivity index (χ1) is 10.4. The number of rotatable bonds is 5. The van der Waals surface area contributed by atoms with Crippen LogP contribution in [0.5, 0.6) is 0 Å². The third kappa shape index (κ3) is 3.66. The van der Waals surface area contributed by atoms with E-state index in [0.717, 1.165) is 23.1 Å². The van der Waals surface area contributed by atoms with Crippen LogP contribution in [0.25, 0.3) is 11.3 Å². The van der Waals surface area contributed by atoms with Gasteiger partial charge in [-0.3, -0.25) is 10.1 Å². The normalized spacial score (nSPS) is 22.3. The fourth-order valence-corrected chi connectivity index (χ4v) is 3.71. The third-order valence-corrected chi connectivity index (χ3v) is 5.39. The molecular formula is C16H22N4S. The molecule has 2 N–H and O–H groups in total. The molecule has 0 spiro atoms. The SMILES string of the molecule is CSC1CCC(NCc2cn[nH]c2-c2cccnc2)CC1. The Balaban J connectivity index is 1.58. The van der Waals surface area contributed by atoms with Gasteiger partial charge in [-0.25, -0.2) is 0 Å². The van der Waals surface area contributed by atoms with Gasteiger partial charge in [0.2, 0.25) is 0 Å². The van der Waals surface area contributed by atoms with Crippen molar-refractivity contribution in [2.45, 2.75) is 43.5 Å². The highest BCUT2D eigenvalue weighted by molar-refractivity contribution is 7.99. The highest BCUT2D eigenvalue weighted by atomic mass is 32.2. The van der Waals surface area contributed by atoms with Crippen LogP contribution in [0.3, 0.4) is 0 Å². The minimum absolute atomic E-state index is 0.644. The second-order valence-corrected chi connectivity index (χ2v) is 6.74. The molecule has 4 nitrogen and oxygen atoms in total. The van der Waals surface area contributed by atoms with Crippen molar-refractivity contribution in [3.63, 3.8) is 0 Å². The van der Waals surface area contributed by atoms with Crippen molar-refractivity contribution >= 4 is 11.8 Å². The summed E-state index contributed by atoms with van der Waals surface area (Å²) >= 11 is 2.01. The predicted octanol–water partition coefficient (Wildman–Crippen LogP) is 3.24. The average molecular weight is 302 g/mol. The monoisotopic (exact) mass is 302 g/mol. The molecule has 3 rings (SSSR count). The van der Waals surface area contributed by atoms with Gasteiger partial charge in [0.15, 0.2) is 0 Å². The summed E-state index contributed by atoms with van der Waals surface area (Å²) in [7, 11) is 0. The standard InChI is InChI=1S/C16H22N4S/c1-21-15-6-4-14(5-7-15)18-10-13-11-19-20-16(13)12-3-2-8-17-9-12/h2-3,8-9,11,14-15,18H,4-7,10H2,1H3,(H,19,20). The Morgan fingerprint density at radius 2 is 2.14 bits per heavy atom. The van der Waals surface area contributed by atoms with Crippen molar-refractivity contribution in [2.75, 3.05) is 6.26 Å². The predicted molar refractivity (Wildman–Crippen MR) is 88.2 cm³/mol. The highest BCUT2D eigenvalue weighted by Gasteiger charge is 2.20. The van der Waals surface area contributed by atoms with Crippen LogP contribution >= 0.6 is 11.8 Å². The largest absolute Gasteiger partial charge is 0.310 e. The van der Waals surface area contributed by atoms with Crippen LogP contribution in [0.4, 0.5) is 0 Å². The van der Waals surface area contributed by atoms with E-state index in [1.54, 1.807) is 6.20 Å².